The fourth-order valence-electron chi connectivity index (χ4n) is 4.72. The van der Waals surface area contributed by atoms with Gasteiger partial charge in [-0.1, -0.05) is 12.8 Å². The first-order chi connectivity index (χ1) is 11.7. The maximum atomic E-state index is 12.7. The van der Waals surface area contributed by atoms with Gasteiger partial charge in [0.25, 0.3) is 0 Å². The maximum absolute atomic E-state index is 12.7. The maximum Gasteiger partial charge on any atom is 0.237 e. The van der Waals surface area contributed by atoms with E-state index >= 15 is 0 Å². The Kier molecular flexibility index (Phi) is 4.48. The van der Waals surface area contributed by atoms with Gasteiger partial charge in [-0.3, -0.25) is 9.48 Å². The van der Waals surface area contributed by atoms with E-state index in [1.54, 1.807) is 0 Å². The summed E-state index contributed by atoms with van der Waals surface area (Å²) in [5.74, 6) is 0.926. The van der Waals surface area contributed by atoms with Crippen LogP contribution in [0.2, 0.25) is 0 Å². The van der Waals surface area contributed by atoms with Gasteiger partial charge in [-0.05, 0) is 38.0 Å². The molecule has 0 aromatic carbocycles. The molecule has 6 nitrogen and oxygen atoms in total. The summed E-state index contributed by atoms with van der Waals surface area (Å²) in [5, 5.41) is 11.2. The molecule has 1 aromatic heterocycles. The van der Waals surface area contributed by atoms with Crippen molar-refractivity contribution in [3.8, 4) is 0 Å². The molecule has 1 amide bonds. The zero-order chi connectivity index (χ0) is 16.5. The van der Waals surface area contributed by atoms with Gasteiger partial charge in [0, 0.05) is 38.4 Å². The van der Waals surface area contributed by atoms with Gasteiger partial charge in [-0.2, -0.15) is 5.10 Å². The van der Waals surface area contributed by atoms with Gasteiger partial charge in [0.1, 0.15) is 0 Å². The SMILES string of the molecule is Cn1cc(N2CCCC(NC(=O)C3CC4CCCCC4N3)C2)cn1. The van der Waals surface area contributed by atoms with Gasteiger partial charge in [-0.25, -0.2) is 0 Å². The summed E-state index contributed by atoms with van der Waals surface area (Å²) in [5.41, 5.74) is 1.15. The van der Waals surface area contributed by atoms with Crippen molar-refractivity contribution >= 4 is 11.6 Å². The van der Waals surface area contributed by atoms with Crippen molar-refractivity contribution in [2.24, 2.45) is 13.0 Å². The summed E-state index contributed by atoms with van der Waals surface area (Å²) in [7, 11) is 1.94. The number of piperidine rings is 1. The summed E-state index contributed by atoms with van der Waals surface area (Å²) in [6, 6.07) is 0.843. The quantitative estimate of drug-likeness (QED) is 0.879. The van der Waals surface area contributed by atoms with Crippen LogP contribution in [0.4, 0.5) is 5.69 Å². The van der Waals surface area contributed by atoms with Crippen molar-refractivity contribution in [3.63, 3.8) is 0 Å². The minimum atomic E-state index is 0.0202. The fourth-order valence-corrected chi connectivity index (χ4v) is 4.72. The molecule has 0 radical (unpaired) electrons. The van der Waals surface area contributed by atoms with E-state index in [0.717, 1.165) is 38.0 Å². The Morgan fingerprint density at radius 2 is 2.17 bits per heavy atom. The number of fused-ring (bicyclic) bond motifs is 1. The van der Waals surface area contributed by atoms with Gasteiger partial charge < -0.3 is 15.5 Å². The molecule has 3 fully saturated rings. The van der Waals surface area contributed by atoms with E-state index in [9.17, 15) is 4.79 Å². The number of hydrogen-bond donors (Lipinski definition) is 2. The summed E-state index contributed by atoms with van der Waals surface area (Å²) in [6.45, 7) is 1.93. The van der Waals surface area contributed by atoms with Gasteiger partial charge in [-0.15, -0.1) is 0 Å². The molecule has 3 aliphatic rings. The molecule has 1 aliphatic carbocycles. The molecule has 132 valence electrons. The van der Waals surface area contributed by atoms with E-state index in [1.807, 2.05) is 24.1 Å². The molecule has 6 heteroatoms. The van der Waals surface area contributed by atoms with Crippen molar-refractivity contribution in [1.29, 1.82) is 0 Å². The minimum Gasteiger partial charge on any atom is -0.367 e. The highest BCUT2D eigenvalue weighted by atomic mass is 16.2. The first-order valence-corrected chi connectivity index (χ1v) is 9.49. The first-order valence-electron chi connectivity index (χ1n) is 9.49. The number of aromatic nitrogens is 2. The van der Waals surface area contributed by atoms with Gasteiger partial charge >= 0.3 is 0 Å². The molecule has 2 saturated heterocycles. The van der Waals surface area contributed by atoms with Crippen LogP contribution < -0.4 is 15.5 Å². The molecule has 2 N–H and O–H groups in total. The van der Waals surface area contributed by atoms with E-state index in [1.165, 1.54) is 25.7 Å². The number of aryl methyl sites for hydroxylation is 1. The predicted molar refractivity (Wildman–Crippen MR) is 93.9 cm³/mol. The number of carbonyl (C=O) groups is 1. The number of carbonyl (C=O) groups excluding carboxylic acids is 1. The second-order valence-corrected chi connectivity index (χ2v) is 7.77. The second-order valence-electron chi connectivity index (χ2n) is 7.77. The molecule has 1 saturated carbocycles. The molecular formula is C18H29N5O. The Morgan fingerprint density at radius 1 is 1.29 bits per heavy atom. The van der Waals surface area contributed by atoms with Crippen LogP contribution in [0.1, 0.15) is 44.9 Å². The summed E-state index contributed by atoms with van der Waals surface area (Å²) in [4.78, 5) is 15.0. The van der Waals surface area contributed by atoms with Gasteiger partial charge in [0.2, 0.25) is 5.91 Å². The summed E-state index contributed by atoms with van der Waals surface area (Å²) < 4.78 is 1.84. The number of hydrogen-bond acceptors (Lipinski definition) is 4. The van der Waals surface area contributed by atoms with Crippen molar-refractivity contribution in [2.75, 3.05) is 18.0 Å². The molecular weight excluding hydrogens is 302 g/mol. The largest absolute Gasteiger partial charge is 0.367 e. The lowest BCUT2D eigenvalue weighted by molar-refractivity contribution is -0.123. The third kappa shape index (κ3) is 3.29. The number of anilines is 1. The van der Waals surface area contributed by atoms with E-state index in [-0.39, 0.29) is 18.0 Å². The monoisotopic (exact) mass is 331 g/mol. The minimum absolute atomic E-state index is 0.0202. The van der Waals surface area contributed by atoms with Crippen molar-refractivity contribution in [3.05, 3.63) is 12.4 Å². The van der Waals surface area contributed by atoms with E-state index in [2.05, 4.69) is 20.6 Å². The first kappa shape index (κ1) is 15.9. The van der Waals surface area contributed by atoms with Crippen molar-refractivity contribution < 1.29 is 4.79 Å². The third-order valence-electron chi connectivity index (χ3n) is 6.00. The Morgan fingerprint density at radius 3 is 2.96 bits per heavy atom. The van der Waals surface area contributed by atoms with Crippen molar-refractivity contribution in [1.82, 2.24) is 20.4 Å². The smallest absolute Gasteiger partial charge is 0.237 e. The molecule has 4 rings (SSSR count). The van der Waals surface area contributed by atoms with Crippen LogP contribution >= 0.6 is 0 Å². The second kappa shape index (κ2) is 6.75. The summed E-state index contributed by atoms with van der Waals surface area (Å²) in [6.07, 6.45) is 12.3. The average molecular weight is 331 g/mol. The van der Waals surface area contributed by atoms with E-state index < -0.39 is 0 Å². The van der Waals surface area contributed by atoms with Crippen LogP contribution in [0.3, 0.4) is 0 Å². The number of amides is 1. The van der Waals surface area contributed by atoms with Gasteiger partial charge in [0.05, 0.1) is 17.9 Å². The Balaban J connectivity index is 1.32. The zero-order valence-corrected chi connectivity index (χ0v) is 14.6. The Bertz CT molecular complexity index is 572. The van der Waals surface area contributed by atoms with Crippen LogP contribution in [0, 0.1) is 5.92 Å². The van der Waals surface area contributed by atoms with Crippen LogP contribution in [0.25, 0.3) is 0 Å². The molecule has 0 spiro atoms. The van der Waals surface area contributed by atoms with E-state index in [0.29, 0.717) is 12.0 Å². The van der Waals surface area contributed by atoms with Crippen molar-refractivity contribution in [2.45, 2.75) is 63.1 Å². The lowest BCUT2D eigenvalue weighted by atomic mass is 9.85. The Labute approximate surface area is 144 Å². The molecule has 0 bridgehead atoms. The van der Waals surface area contributed by atoms with Gasteiger partial charge in [0.15, 0.2) is 0 Å². The number of nitrogens with zero attached hydrogens (tertiary/aromatic N) is 3. The average Bonchev–Trinajstić information content (AvgIpc) is 3.21. The normalized spacial score (nSPS) is 33.3. The molecule has 3 heterocycles. The predicted octanol–water partition coefficient (Wildman–Crippen LogP) is 1.43. The van der Waals surface area contributed by atoms with Crippen LogP contribution in [-0.4, -0.2) is 46.9 Å². The zero-order valence-electron chi connectivity index (χ0n) is 14.6. The van der Waals surface area contributed by atoms with Crippen LogP contribution in [-0.2, 0) is 11.8 Å². The third-order valence-corrected chi connectivity index (χ3v) is 6.00. The lowest BCUT2D eigenvalue weighted by Gasteiger charge is -2.34. The van der Waals surface area contributed by atoms with E-state index in [4.69, 9.17) is 0 Å². The van der Waals surface area contributed by atoms with Crippen LogP contribution in [0.5, 0.6) is 0 Å². The highest BCUT2D eigenvalue weighted by Gasteiger charge is 2.38. The molecule has 1 aromatic rings. The highest BCUT2D eigenvalue weighted by Crippen LogP contribution is 2.33. The number of rotatable bonds is 3. The summed E-state index contributed by atoms with van der Waals surface area (Å²) >= 11 is 0. The van der Waals surface area contributed by atoms with Crippen LogP contribution in [0.15, 0.2) is 12.4 Å². The topological polar surface area (TPSA) is 62.2 Å². The lowest BCUT2D eigenvalue weighted by Crippen LogP contribution is -2.52. The standard InChI is InChI=1S/C18H29N5O/c1-22-12-15(10-19-22)23-8-4-6-14(11-23)20-18(24)17-9-13-5-2-3-7-16(13)21-17/h10,12-14,16-17,21H,2-9,11H2,1H3,(H,20,24). The Hall–Kier alpha value is -1.56. The molecule has 4 atom stereocenters. The highest BCUT2D eigenvalue weighted by molar-refractivity contribution is 5.82. The molecule has 2 aliphatic heterocycles. The molecule has 4 unspecified atom stereocenters. The number of nitrogens with one attached hydrogen (secondary N) is 2. The molecule has 24 heavy (non-hydrogen) atoms. The fraction of sp³-hybridized carbons (Fsp3) is 0.778.